The molecule has 3 aliphatic rings. The molecule has 1 saturated carbocycles. The highest BCUT2D eigenvalue weighted by Crippen LogP contribution is 2.78. The summed E-state index contributed by atoms with van der Waals surface area (Å²) < 4.78 is 0. The minimum atomic E-state index is -0.338. The number of aryl methyl sites for hydroxylation is 1. The van der Waals surface area contributed by atoms with E-state index in [9.17, 15) is 4.79 Å². The van der Waals surface area contributed by atoms with Crippen LogP contribution in [0.25, 0.3) is 0 Å². The molecule has 1 fully saturated rings. The summed E-state index contributed by atoms with van der Waals surface area (Å²) in [4.78, 5) is 12.2. The first-order valence-corrected chi connectivity index (χ1v) is 7.03. The molecule has 0 aromatic heterocycles. The van der Waals surface area contributed by atoms with E-state index in [-0.39, 0.29) is 16.2 Å². The molecule has 0 bridgehead atoms. The predicted octanol–water partition coefficient (Wildman–Crippen LogP) is 3.61. The van der Waals surface area contributed by atoms with E-state index in [0.717, 1.165) is 19.3 Å². The fourth-order valence-corrected chi connectivity index (χ4v) is 4.84. The Morgan fingerprint density at radius 2 is 1.89 bits per heavy atom. The van der Waals surface area contributed by atoms with Crippen molar-refractivity contribution in [3.63, 3.8) is 0 Å². The van der Waals surface area contributed by atoms with Gasteiger partial charge in [-0.25, -0.2) is 0 Å². The first-order chi connectivity index (χ1) is 8.70. The van der Waals surface area contributed by atoms with Crippen molar-refractivity contribution in [2.75, 3.05) is 0 Å². The van der Waals surface area contributed by atoms with Crippen molar-refractivity contribution in [1.82, 2.24) is 0 Å². The largest absolute Gasteiger partial charge is 0.299 e. The number of Topliss-reactive ketones (excluding diaryl/α,β-unsaturated/α-hetero) is 1. The highest BCUT2D eigenvalue weighted by molar-refractivity contribution is 6.31. The van der Waals surface area contributed by atoms with Gasteiger partial charge >= 0.3 is 0 Å². The van der Waals surface area contributed by atoms with Gasteiger partial charge in [0.05, 0.1) is 10.3 Å². The Morgan fingerprint density at radius 3 is 2.78 bits per heavy atom. The highest BCUT2D eigenvalue weighted by Gasteiger charge is 2.79. The van der Waals surface area contributed by atoms with Gasteiger partial charge in [-0.2, -0.15) is 0 Å². The quantitative estimate of drug-likeness (QED) is 0.513. The van der Waals surface area contributed by atoms with Gasteiger partial charge in [0.2, 0.25) is 0 Å². The molecule has 0 saturated heterocycles. The lowest BCUT2D eigenvalue weighted by Crippen LogP contribution is -2.26. The fourth-order valence-electron chi connectivity index (χ4n) is 4.21. The van der Waals surface area contributed by atoms with Crippen molar-refractivity contribution in [3.8, 4) is 0 Å². The third-order valence-corrected chi connectivity index (χ3v) is 5.82. The topological polar surface area (TPSA) is 17.1 Å². The van der Waals surface area contributed by atoms with E-state index in [1.165, 1.54) is 11.1 Å². The Hall–Kier alpha value is -1.08. The van der Waals surface area contributed by atoms with Gasteiger partial charge < -0.3 is 0 Å². The number of carbonyl (C=O) groups is 1. The normalized spacial score (nSPS) is 40.5. The molecule has 0 unspecified atom stereocenters. The zero-order valence-electron chi connectivity index (χ0n) is 10.2. The van der Waals surface area contributed by atoms with Gasteiger partial charge in [0.25, 0.3) is 0 Å². The molecular weight excluding hydrogens is 244 g/mol. The second-order valence-corrected chi connectivity index (χ2v) is 6.44. The van der Waals surface area contributed by atoms with Crippen molar-refractivity contribution in [1.29, 1.82) is 0 Å². The molecule has 0 radical (unpaired) electrons. The molecule has 0 N–H and O–H groups in total. The molecule has 0 aliphatic heterocycles. The summed E-state index contributed by atoms with van der Waals surface area (Å²) in [6.07, 6.45) is 7.47. The lowest BCUT2D eigenvalue weighted by atomic mass is 9.86. The van der Waals surface area contributed by atoms with Gasteiger partial charge in [-0.05, 0) is 30.4 Å². The minimum Gasteiger partial charge on any atom is -0.299 e. The number of fused-ring (bicyclic) bond motifs is 3. The van der Waals surface area contributed by atoms with E-state index in [4.69, 9.17) is 11.6 Å². The van der Waals surface area contributed by atoms with Crippen LogP contribution in [-0.2, 0) is 11.2 Å². The van der Waals surface area contributed by atoms with Crippen LogP contribution in [0.15, 0.2) is 36.4 Å². The lowest BCUT2D eigenvalue weighted by Gasteiger charge is -2.20. The number of halogens is 1. The van der Waals surface area contributed by atoms with Gasteiger partial charge in [0.15, 0.2) is 0 Å². The number of ketones is 1. The summed E-state index contributed by atoms with van der Waals surface area (Å²) in [5, 5.41) is 0. The molecule has 4 rings (SSSR count). The van der Waals surface area contributed by atoms with Crippen LogP contribution in [0.1, 0.15) is 36.3 Å². The van der Waals surface area contributed by atoms with Gasteiger partial charge in [0, 0.05) is 12.3 Å². The summed E-state index contributed by atoms with van der Waals surface area (Å²) in [5.74, 6) is 0.607. The van der Waals surface area contributed by atoms with Gasteiger partial charge in [-0.3, -0.25) is 4.79 Å². The molecule has 0 amide bonds. The zero-order chi connectivity index (χ0) is 12.4. The van der Waals surface area contributed by atoms with Crippen molar-refractivity contribution < 1.29 is 4.79 Å². The average Bonchev–Trinajstić information content (AvgIpc) is 2.99. The van der Waals surface area contributed by atoms with E-state index >= 15 is 0 Å². The number of benzene rings is 1. The first-order valence-electron chi connectivity index (χ1n) is 6.65. The van der Waals surface area contributed by atoms with Crippen LogP contribution in [0, 0.1) is 5.41 Å². The molecule has 3 atom stereocenters. The maximum Gasteiger partial charge on any atom is 0.142 e. The third kappa shape index (κ3) is 1.03. The number of hydrogen-bond acceptors (Lipinski definition) is 1. The standard InChI is InChI=1S/C16H15ClO/c17-16-10-4-3-9-15(16)13(18)8-7-11-5-1-2-6-12(11)14(15)16/h1-6,14H,7-10H2/t14-,15+,16+/m1/s1. The van der Waals surface area contributed by atoms with Crippen molar-refractivity contribution >= 4 is 17.4 Å². The molecule has 1 aromatic carbocycles. The number of allylic oxidation sites excluding steroid dienone is 2. The van der Waals surface area contributed by atoms with Crippen LogP contribution in [0.2, 0.25) is 0 Å². The monoisotopic (exact) mass is 258 g/mol. The smallest absolute Gasteiger partial charge is 0.142 e. The zero-order valence-corrected chi connectivity index (χ0v) is 10.9. The number of alkyl halides is 1. The van der Waals surface area contributed by atoms with E-state index in [1.807, 2.05) is 0 Å². The molecule has 1 aromatic rings. The number of carbonyl (C=O) groups excluding carboxylic acids is 1. The average molecular weight is 259 g/mol. The summed E-state index contributed by atoms with van der Waals surface area (Å²) in [7, 11) is 0. The molecule has 1 spiro atoms. The summed E-state index contributed by atoms with van der Waals surface area (Å²) in [6.45, 7) is 0. The number of hydrogen-bond donors (Lipinski definition) is 0. The minimum absolute atomic E-state index is 0.230. The Morgan fingerprint density at radius 1 is 1.11 bits per heavy atom. The molecule has 1 nitrogen and oxygen atoms in total. The summed E-state index contributed by atoms with van der Waals surface area (Å²) in [6, 6.07) is 8.45. The van der Waals surface area contributed by atoms with Crippen LogP contribution in [0.5, 0.6) is 0 Å². The Bertz CT molecular complexity index is 576. The Kier molecular flexibility index (Phi) is 1.96. The van der Waals surface area contributed by atoms with Crippen LogP contribution in [-0.4, -0.2) is 10.7 Å². The maximum absolute atomic E-state index is 12.6. The molecule has 18 heavy (non-hydrogen) atoms. The van der Waals surface area contributed by atoms with Crippen LogP contribution >= 0.6 is 11.6 Å². The van der Waals surface area contributed by atoms with E-state index in [1.54, 1.807) is 0 Å². The maximum atomic E-state index is 12.6. The van der Waals surface area contributed by atoms with E-state index < -0.39 is 0 Å². The van der Waals surface area contributed by atoms with Gasteiger partial charge in [0.1, 0.15) is 5.78 Å². The molecule has 3 aliphatic carbocycles. The summed E-state index contributed by atoms with van der Waals surface area (Å²) in [5.41, 5.74) is 2.35. The number of rotatable bonds is 0. The van der Waals surface area contributed by atoms with E-state index in [0.29, 0.717) is 12.2 Å². The van der Waals surface area contributed by atoms with Crippen molar-refractivity contribution in [3.05, 3.63) is 47.5 Å². The second kappa shape index (κ2) is 3.27. The Labute approximate surface area is 112 Å². The van der Waals surface area contributed by atoms with E-state index in [2.05, 4.69) is 36.4 Å². The third-order valence-electron chi connectivity index (χ3n) is 5.12. The fraction of sp³-hybridized carbons (Fsp3) is 0.438. The Balaban J connectivity index is 1.93. The van der Waals surface area contributed by atoms with Gasteiger partial charge in [-0.15, -0.1) is 11.6 Å². The summed E-state index contributed by atoms with van der Waals surface area (Å²) >= 11 is 6.83. The van der Waals surface area contributed by atoms with Gasteiger partial charge in [-0.1, -0.05) is 36.4 Å². The predicted molar refractivity (Wildman–Crippen MR) is 71.9 cm³/mol. The second-order valence-electron chi connectivity index (χ2n) is 5.77. The van der Waals surface area contributed by atoms with Crippen molar-refractivity contribution in [2.24, 2.45) is 5.41 Å². The van der Waals surface area contributed by atoms with Crippen LogP contribution in [0.3, 0.4) is 0 Å². The molecule has 2 heteroatoms. The van der Waals surface area contributed by atoms with Crippen molar-refractivity contribution in [2.45, 2.75) is 36.5 Å². The van der Waals surface area contributed by atoms with Crippen LogP contribution < -0.4 is 0 Å². The molecular formula is C16H15ClO. The highest BCUT2D eigenvalue weighted by atomic mass is 35.5. The molecule has 92 valence electrons. The van der Waals surface area contributed by atoms with Crippen LogP contribution in [0.4, 0.5) is 0 Å². The molecule has 0 heterocycles. The SMILES string of the molecule is O=C1CCc2ccccc2[C@@H]2[C@]13CC=CC[C@]23Cl. The lowest BCUT2D eigenvalue weighted by molar-refractivity contribution is -0.124. The first kappa shape index (κ1) is 10.8.